The average molecular weight is 321 g/mol. The summed E-state index contributed by atoms with van der Waals surface area (Å²) in [5, 5.41) is 12.5. The number of rotatable bonds is 3. The minimum Gasteiger partial charge on any atom is -0.392 e. The minimum absolute atomic E-state index is 0.213. The van der Waals surface area contributed by atoms with Crippen molar-refractivity contribution in [1.82, 2.24) is 10.2 Å². The molecule has 0 radical (unpaired) electrons. The molecule has 2 aliphatic rings. The maximum absolute atomic E-state index is 13.9. The second-order valence-corrected chi connectivity index (χ2v) is 6.05. The number of aliphatic hydroxyl groups is 1. The largest absolute Gasteiger partial charge is 0.392 e. The molecular weight excluding hydrogens is 301 g/mol. The Morgan fingerprint density at radius 3 is 2.83 bits per heavy atom. The fourth-order valence-electron chi connectivity index (χ4n) is 3.24. The lowest BCUT2D eigenvalue weighted by Gasteiger charge is -2.26. The Morgan fingerprint density at radius 1 is 1.43 bits per heavy atom. The van der Waals surface area contributed by atoms with E-state index in [0.29, 0.717) is 25.9 Å². The van der Waals surface area contributed by atoms with Gasteiger partial charge in [-0.3, -0.25) is 9.59 Å². The first kappa shape index (κ1) is 15.9. The van der Waals surface area contributed by atoms with Gasteiger partial charge < -0.3 is 20.2 Å². The number of halogens is 1. The Labute approximate surface area is 133 Å². The van der Waals surface area contributed by atoms with E-state index in [4.69, 9.17) is 0 Å². The van der Waals surface area contributed by atoms with Crippen LogP contribution in [0.25, 0.3) is 0 Å². The van der Waals surface area contributed by atoms with Crippen LogP contribution in [-0.2, 0) is 9.59 Å². The van der Waals surface area contributed by atoms with Crippen molar-refractivity contribution >= 4 is 17.5 Å². The molecule has 0 aromatic heterocycles. The molecule has 3 atom stereocenters. The summed E-state index contributed by atoms with van der Waals surface area (Å²) in [5.74, 6) is -0.934. The van der Waals surface area contributed by atoms with Crippen molar-refractivity contribution in [2.24, 2.45) is 0 Å². The zero-order valence-electron chi connectivity index (χ0n) is 12.9. The summed E-state index contributed by atoms with van der Waals surface area (Å²) in [6.07, 6.45) is 0.276. The van der Waals surface area contributed by atoms with Gasteiger partial charge >= 0.3 is 0 Å². The van der Waals surface area contributed by atoms with Gasteiger partial charge in [0.2, 0.25) is 11.8 Å². The molecule has 2 N–H and O–H groups in total. The van der Waals surface area contributed by atoms with Gasteiger partial charge in [-0.25, -0.2) is 4.39 Å². The van der Waals surface area contributed by atoms with Crippen LogP contribution in [0.5, 0.6) is 0 Å². The molecule has 7 heteroatoms. The number of likely N-dealkylation sites (N-methyl/N-ethyl adjacent to an activating group) is 1. The van der Waals surface area contributed by atoms with Crippen LogP contribution in [-0.4, -0.2) is 60.1 Å². The number of para-hydroxylation sites is 1. The lowest BCUT2D eigenvalue weighted by Crippen LogP contribution is -2.49. The van der Waals surface area contributed by atoms with E-state index in [1.165, 1.54) is 15.9 Å². The van der Waals surface area contributed by atoms with Crippen LogP contribution in [0, 0.1) is 5.82 Å². The Hall–Kier alpha value is -1.99. The highest BCUT2D eigenvalue weighted by Crippen LogP contribution is 2.26. The number of benzene rings is 1. The molecule has 3 rings (SSSR count). The number of anilines is 1. The molecule has 6 nitrogen and oxygen atoms in total. The van der Waals surface area contributed by atoms with Crippen LogP contribution in [0.3, 0.4) is 0 Å². The SMILES string of the molecule is CN(C(=O)C1CC(O)CN1)C1CCN(c2ccccc2F)C1=O. The normalized spacial score (nSPS) is 27.5. The number of nitrogens with zero attached hydrogens (tertiary/aromatic N) is 2. The number of hydrogen-bond donors (Lipinski definition) is 2. The molecule has 2 aliphatic heterocycles. The van der Waals surface area contributed by atoms with E-state index in [2.05, 4.69) is 5.32 Å². The van der Waals surface area contributed by atoms with Gasteiger partial charge in [0, 0.05) is 20.1 Å². The zero-order chi connectivity index (χ0) is 16.6. The van der Waals surface area contributed by atoms with Gasteiger partial charge in [0.1, 0.15) is 11.9 Å². The van der Waals surface area contributed by atoms with E-state index >= 15 is 0 Å². The molecule has 0 aliphatic carbocycles. The molecule has 3 unspecified atom stereocenters. The minimum atomic E-state index is -0.596. The van der Waals surface area contributed by atoms with E-state index < -0.39 is 24.0 Å². The standard InChI is InChI=1S/C16H20FN3O3/c1-19(15(22)12-8-10(21)9-18-12)14-6-7-20(16(14)23)13-5-3-2-4-11(13)17/h2-5,10,12,14,18,21H,6-9H2,1H3. The Bertz CT molecular complexity index is 624. The van der Waals surface area contributed by atoms with Crippen molar-refractivity contribution in [3.63, 3.8) is 0 Å². The van der Waals surface area contributed by atoms with Crippen molar-refractivity contribution in [2.75, 3.05) is 25.0 Å². The fourth-order valence-corrected chi connectivity index (χ4v) is 3.24. The van der Waals surface area contributed by atoms with Crippen molar-refractivity contribution in [2.45, 2.75) is 31.0 Å². The third kappa shape index (κ3) is 2.94. The number of nitrogens with one attached hydrogen (secondary N) is 1. The predicted octanol–water partition coefficient (Wildman–Crippen LogP) is 0.112. The third-order valence-corrected chi connectivity index (χ3v) is 4.54. The number of hydrogen-bond acceptors (Lipinski definition) is 4. The summed E-state index contributed by atoms with van der Waals surface area (Å²) in [4.78, 5) is 27.8. The van der Waals surface area contributed by atoms with Gasteiger partial charge in [-0.1, -0.05) is 12.1 Å². The van der Waals surface area contributed by atoms with Gasteiger partial charge in [-0.2, -0.15) is 0 Å². The molecule has 124 valence electrons. The molecule has 0 saturated carbocycles. The van der Waals surface area contributed by atoms with E-state index in [-0.39, 0.29) is 17.5 Å². The number of amides is 2. The van der Waals surface area contributed by atoms with Crippen molar-refractivity contribution in [3.05, 3.63) is 30.1 Å². The fraction of sp³-hybridized carbons (Fsp3) is 0.500. The quantitative estimate of drug-likeness (QED) is 0.829. The highest BCUT2D eigenvalue weighted by molar-refractivity contribution is 6.01. The maximum atomic E-state index is 13.9. The van der Waals surface area contributed by atoms with Crippen molar-refractivity contribution in [1.29, 1.82) is 0 Å². The average Bonchev–Trinajstić information content (AvgIpc) is 3.13. The lowest BCUT2D eigenvalue weighted by atomic mass is 10.1. The molecule has 0 bridgehead atoms. The van der Waals surface area contributed by atoms with Crippen LogP contribution in [0.1, 0.15) is 12.8 Å². The summed E-state index contributed by atoms with van der Waals surface area (Å²) in [6.45, 7) is 0.757. The molecule has 1 aromatic rings. The molecule has 2 fully saturated rings. The van der Waals surface area contributed by atoms with Crippen molar-refractivity contribution < 1.29 is 19.1 Å². The molecule has 2 amide bonds. The molecule has 1 aromatic carbocycles. The summed E-state index contributed by atoms with van der Waals surface area (Å²) in [7, 11) is 1.59. The van der Waals surface area contributed by atoms with Gasteiger partial charge in [0.15, 0.2) is 0 Å². The highest BCUT2D eigenvalue weighted by atomic mass is 19.1. The van der Waals surface area contributed by atoms with Crippen LogP contribution in [0.2, 0.25) is 0 Å². The monoisotopic (exact) mass is 321 g/mol. The number of aliphatic hydroxyl groups excluding tert-OH is 1. The number of β-amino-alcohol motifs (C(OH)–C–C–N with tert-alkyl or cyclic N) is 1. The topological polar surface area (TPSA) is 72.9 Å². The summed E-state index contributed by atoms with van der Waals surface area (Å²) in [5.41, 5.74) is 0.246. The van der Waals surface area contributed by atoms with E-state index in [1.807, 2.05) is 0 Å². The van der Waals surface area contributed by atoms with E-state index in [1.54, 1.807) is 25.2 Å². The summed E-state index contributed by atoms with van der Waals surface area (Å²) >= 11 is 0. The Balaban J connectivity index is 1.71. The second kappa shape index (κ2) is 6.25. The molecule has 0 spiro atoms. The highest BCUT2D eigenvalue weighted by Gasteiger charge is 2.40. The van der Waals surface area contributed by atoms with Crippen LogP contribution in [0.4, 0.5) is 10.1 Å². The zero-order valence-corrected chi connectivity index (χ0v) is 12.9. The first-order valence-electron chi connectivity index (χ1n) is 7.73. The smallest absolute Gasteiger partial charge is 0.249 e. The van der Waals surface area contributed by atoms with Gasteiger partial charge in [-0.15, -0.1) is 0 Å². The molecular formula is C16H20FN3O3. The van der Waals surface area contributed by atoms with Gasteiger partial charge in [-0.05, 0) is 25.0 Å². The van der Waals surface area contributed by atoms with E-state index in [0.717, 1.165) is 0 Å². The van der Waals surface area contributed by atoms with Crippen LogP contribution in [0.15, 0.2) is 24.3 Å². The molecule has 2 heterocycles. The van der Waals surface area contributed by atoms with E-state index in [9.17, 15) is 19.1 Å². The van der Waals surface area contributed by atoms with Gasteiger partial charge in [0.05, 0.1) is 17.8 Å². The number of carbonyl (C=O) groups excluding carboxylic acids is 2. The Morgan fingerprint density at radius 2 is 2.17 bits per heavy atom. The summed E-state index contributed by atoms with van der Waals surface area (Å²) < 4.78 is 13.9. The second-order valence-electron chi connectivity index (χ2n) is 6.05. The maximum Gasteiger partial charge on any atom is 0.249 e. The Kier molecular flexibility index (Phi) is 4.32. The predicted molar refractivity (Wildman–Crippen MR) is 82.3 cm³/mol. The first-order valence-corrected chi connectivity index (χ1v) is 7.73. The molecule has 23 heavy (non-hydrogen) atoms. The third-order valence-electron chi connectivity index (χ3n) is 4.54. The number of carbonyl (C=O) groups is 2. The van der Waals surface area contributed by atoms with Crippen molar-refractivity contribution in [3.8, 4) is 0 Å². The summed E-state index contributed by atoms with van der Waals surface area (Å²) in [6, 6.07) is 5.06. The van der Waals surface area contributed by atoms with Crippen LogP contribution < -0.4 is 10.2 Å². The van der Waals surface area contributed by atoms with Crippen LogP contribution >= 0.6 is 0 Å². The first-order chi connectivity index (χ1) is 11.0. The lowest BCUT2D eigenvalue weighted by molar-refractivity contribution is -0.138. The molecule has 2 saturated heterocycles. The van der Waals surface area contributed by atoms with Gasteiger partial charge in [0.25, 0.3) is 0 Å².